The number of hydrogen-bond acceptors (Lipinski definition) is 3. The van der Waals surface area contributed by atoms with E-state index in [2.05, 4.69) is 5.32 Å². The Balaban J connectivity index is 1.75. The molecule has 2 aliphatic heterocycles. The van der Waals surface area contributed by atoms with Gasteiger partial charge in [-0.05, 0) is 37.1 Å². The van der Waals surface area contributed by atoms with Crippen molar-refractivity contribution >= 4 is 15.9 Å². The number of aliphatic hydroxyl groups excluding tert-OH is 1. The number of benzene rings is 1. The molecular weight excluding hydrogens is 389 g/mol. The fourth-order valence-electron chi connectivity index (χ4n) is 4.28. The van der Waals surface area contributed by atoms with Gasteiger partial charge in [0.25, 0.3) is 0 Å². The third kappa shape index (κ3) is 3.54. The Morgan fingerprint density at radius 2 is 1.93 bits per heavy atom. The molecule has 0 saturated carbocycles. The van der Waals surface area contributed by atoms with Crippen molar-refractivity contribution in [2.24, 2.45) is 11.8 Å². The highest BCUT2D eigenvalue weighted by molar-refractivity contribution is 8.45. The number of ether oxygens (including phenoxy) is 1. The molecule has 1 fully saturated rings. The van der Waals surface area contributed by atoms with Crippen molar-refractivity contribution in [2.45, 2.75) is 36.3 Å². The van der Waals surface area contributed by atoms with Gasteiger partial charge in [0.1, 0.15) is 4.90 Å². The second-order valence-corrected chi connectivity index (χ2v) is 9.81. The molecule has 1 aromatic rings. The maximum Gasteiger partial charge on any atom is 0.310 e. The molecule has 2 N–H and O–H groups in total. The van der Waals surface area contributed by atoms with E-state index in [0.29, 0.717) is 37.3 Å². The van der Waals surface area contributed by atoms with Gasteiger partial charge in [-0.15, -0.1) is 0 Å². The van der Waals surface area contributed by atoms with Crippen LogP contribution in [0.15, 0.2) is 47.1 Å². The van der Waals surface area contributed by atoms with Gasteiger partial charge in [-0.3, -0.25) is 0 Å². The van der Waals surface area contributed by atoms with Crippen molar-refractivity contribution in [1.82, 2.24) is 0 Å². The summed E-state index contributed by atoms with van der Waals surface area (Å²) in [6, 6.07) is 1.87. The Kier molecular flexibility index (Phi) is 3.73. The zero-order chi connectivity index (χ0) is 19.5. The van der Waals surface area contributed by atoms with E-state index in [9.17, 15) is 24.5 Å². The van der Waals surface area contributed by atoms with E-state index in [1.54, 1.807) is 12.2 Å². The molecular formula is C18H20F5NO2S. The van der Waals surface area contributed by atoms with Crippen molar-refractivity contribution in [3.8, 4) is 0 Å². The van der Waals surface area contributed by atoms with E-state index in [4.69, 9.17) is 4.74 Å². The number of rotatable bonds is 2. The van der Waals surface area contributed by atoms with Crippen LogP contribution >= 0.6 is 10.2 Å². The van der Waals surface area contributed by atoms with Crippen LogP contribution in [0.4, 0.5) is 25.1 Å². The monoisotopic (exact) mass is 409 g/mol. The molecule has 2 heterocycles. The van der Waals surface area contributed by atoms with Gasteiger partial charge in [-0.2, -0.15) is 0 Å². The number of anilines is 1. The number of allylic oxidation sites excluding steroid dienone is 3. The quantitative estimate of drug-likeness (QED) is 0.539. The Morgan fingerprint density at radius 1 is 1.15 bits per heavy atom. The standard InChI is InChI=1S/C18H20F5NO2S/c19-27(20,21,22,23)13-6-7-16-15(10-13)18-14(5-2-8-26-18)17(24-16)11-3-1-4-12(25)9-11/h1,3-4,6-7,10-11,14,17-18,24-25H,2,5,8-9H2/t11?,14-,17-,18-/m0/s1. The lowest BCUT2D eigenvalue weighted by Gasteiger charge is -2.47. The van der Waals surface area contributed by atoms with E-state index in [0.717, 1.165) is 12.5 Å². The van der Waals surface area contributed by atoms with Crippen molar-refractivity contribution in [3.05, 3.63) is 47.7 Å². The second kappa shape index (κ2) is 5.41. The number of nitrogens with one attached hydrogen (secondary N) is 1. The van der Waals surface area contributed by atoms with Crippen LogP contribution in [0.25, 0.3) is 0 Å². The zero-order valence-corrected chi connectivity index (χ0v) is 15.1. The largest absolute Gasteiger partial charge is 0.512 e. The van der Waals surface area contributed by atoms with E-state index < -0.39 is 21.2 Å². The minimum atomic E-state index is -9.76. The number of hydrogen-bond donors (Lipinski definition) is 2. The summed E-state index contributed by atoms with van der Waals surface area (Å²) in [6.45, 7) is 0.375. The van der Waals surface area contributed by atoms with Crippen molar-refractivity contribution < 1.29 is 29.3 Å². The van der Waals surface area contributed by atoms with Crippen LogP contribution in [0, 0.1) is 11.8 Å². The van der Waals surface area contributed by atoms with Crippen LogP contribution in [-0.4, -0.2) is 17.8 Å². The third-order valence-electron chi connectivity index (χ3n) is 5.48. The highest BCUT2D eigenvalue weighted by Gasteiger charge is 2.65. The first-order chi connectivity index (χ1) is 12.4. The maximum atomic E-state index is 13.2. The summed E-state index contributed by atoms with van der Waals surface area (Å²) in [5.41, 5.74) is 0.498. The van der Waals surface area contributed by atoms with E-state index in [-0.39, 0.29) is 29.2 Å². The fourth-order valence-corrected chi connectivity index (χ4v) is 4.96. The molecule has 3 nitrogen and oxygen atoms in total. The summed E-state index contributed by atoms with van der Waals surface area (Å²) < 4.78 is 72.0. The maximum absolute atomic E-state index is 13.2. The van der Waals surface area contributed by atoms with Gasteiger partial charge in [0.2, 0.25) is 0 Å². The lowest BCUT2D eigenvalue weighted by molar-refractivity contribution is -0.0423. The van der Waals surface area contributed by atoms with Gasteiger partial charge >= 0.3 is 10.2 Å². The Labute approximate surface area is 153 Å². The minimum absolute atomic E-state index is 0.0624. The first-order valence-corrected chi connectivity index (χ1v) is 10.7. The molecule has 0 radical (unpaired) electrons. The van der Waals surface area contributed by atoms with Crippen LogP contribution in [0.5, 0.6) is 0 Å². The molecule has 0 amide bonds. The van der Waals surface area contributed by atoms with Gasteiger partial charge in [0.05, 0.1) is 11.9 Å². The second-order valence-electron chi connectivity index (χ2n) is 7.40. The molecule has 1 aliphatic carbocycles. The summed E-state index contributed by atoms with van der Waals surface area (Å²) in [6.07, 6.45) is 6.47. The Morgan fingerprint density at radius 3 is 2.63 bits per heavy atom. The molecule has 9 heteroatoms. The summed E-state index contributed by atoms with van der Waals surface area (Å²) in [5, 5.41) is 13.1. The van der Waals surface area contributed by atoms with Crippen molar-refractivity contribution in [1.29, 1.82) is 0 Å². The summed E-state index contributed by atoms with van der Waals surface area (Å²) in [5.74, 6) is 0.00727. The zero-order valence-electron chi connectivity index (χ0n) is 14.3. The molecule has 0 aromatic heterocycles. The molecule has 3 aliphatic rings. The number of fused-ring (bicyclic) bond motifs is 3. The molecule has 0 bridgehead atoms. The molecule has 0 spiro atoms. The number of halogens is 5. The van der Waals surface area contributed by atoms with Gasteiger partial charge < -0.3 is 15.2 Å². The Bertz CT molecular complexity index is 836. The lowest BCUT2D eigenvalue weighted by Crippen LogP contribution is -2.45. The van der Waals surface area contributed by atoms with Gasteiger partial charge in [0.15, 0.2) is 0 Å². The minimum Gasteiger partial charge on any atom is -0.512 e. The topological polar surface area (TPSA) is 41.5 Å². The third-order valence-corrected chi connectivity index (χ3v) is 6.62. The summed E-state index contributed by atoms with van der Waals surface area (Å²) >= 11 is 0. The first-order valence-electron chi connectivity index (χ1n) is 8.75. The predicted molar refractivity (Wildman–Crippen MR) is 94.6 cm³/mol. The van der Waals surface area contributed by atoms with Crippen LogP contribution in [-0.2, 0) is 4.74 Å². The van der Waals surface area contributed by atoms with Crippen LogP contribution in [0.2, 0.25) is 0 Å². The van der Waals surface area contributed by atoms with Crippen molar-refractivity contribution in [3.63, 3.8) is 0 Å². The normalized spacial score (nSPS) is 33.0. The smallest absolute Gasteiger partial charge is 0.310 e. The summed E-state index contributed by atoms with van der Waals surface area (Å²) in [7, 11) is -9.76. The predicted octanol–water partition coefficient (Wildman–Crippen LogP) is 6.62. The molecule has 4 rings (SSSR count). The van der Waals surface area contributed by atoms with Crippen LogP contribution in [0.3, 0.4) is 0 Å². The molecule has 150 valence electrons. The molecule has 1 aromatic carbocycles. The van der Waals surface area contributed by atoms with Crippen molar-refractivity contribution in [2.75, 3.05) is 11.9 Å². The molecule has 27 heavy (non-hydrogen) atoms. The fraction of sp³-hybridized carbons (Fsp3) is 0.444. The van der Waals surface area contributed by atoms with Crippen LogP contribution < -0.4 is 5.32 Å². The van der Waals surface area contributed by atoms with Gasteiger partial charge in [0, 0.05) is 42.2 Å². The van der Waals surface area contributed by atoms with Gasteiger partial charge in [-0.1, -0.05) is 31.6 Å². The van der Waals surface area contributed by atoms with Gasteiger partial charge in [-0.25, -0.2) is 0 Å². The average molecular weight is 409 g/mol. The summed E-state index contributed by atoms with van der Waals surface area (Å²) in [4.78, 5) is -1.89. The van der Waals surface area contributed by atoms with E-state index in [1.807, 2.05) is 6.08 Å². The lowest BCUT2D eigenvalue weighted by atomic mass is 9.73. The first kappa shape index (κ1) is 18.6. The van der Waals surface area contributed by atoms with E-state index >= 15 is 0 Å². The highest BCUT2D eigenvalue weighted by Crippen LogP contribution is 3.02. The SMILES string of the molecule is OC1=CC=CC([C@@H]2Nc3ccc(S(F)(F)(F)(F)F)cc3[C@H]3OCCC[C@H]32)C1. The average Bonchev–Trinajstić information content (AvgIpc) is 2.58. The molecule has 4 atom stereocenters. The highest BCUT2D eigenvalue weighted by atomic mass is 32.5. The van der Waals surface area contributed by atoms with Crippen LogP contribution in [0.1, 0.15) is 30.9 Å². The number of aliphatic hydroxyl groups is 1. The Hall–Kier alpha value is -1.74. The van der Waals surface area contributed by atoms with E-state index in [1.165, 1.54) is 0 Å². The molecule has 1 saturated heterocycles. The molecule has 1 unspecified atom stereocenters.